The van der Waals surface area contributed by atoms with Gasteiger partial charge in [0.2, 0.25) is 0 Å². The molecule has 4 rings (SSSR count). The number of methoxy groups -OCH3 is 1. The molecule has 1 N–H and O–H groups in total. The minimum atomic E-state index is -3.81. The van der Waals surface area contributed by atoms with E-state index in [1.807, 2.05) is 12.1 Å². The average molecular weight is 451 g/mol. The summed E-state index contributed by atoms with van der Waals surface area (Å²) >= 11 is 0. The normalized spacial score (nSPS) is 15.5. The highest BCUT2D eigenvalue weighted by Crippen LogP contribution is 2.32. The summed E-state index contributed by atoms with van der Waals surface area (Å²) in [7, 11) is -0.835. The van der Waals surface area contributed by atoms with Crippen molar-refractivity contribution in [1.82, 2.24) is 5.32 Å². The van der Waals surface area contributed by atoms with Gasteiger partial charge in [0, 0.05) is 12.6 Å². The van der Waals surface area contributed by atoms with Gasteiger partial charge in [0.25, 0.3) is 15.9 Å². The van der Waals surface area contributed by atoms with E-state index in [-0.39, 0.29) is 16.8 Å². The van der Waals surface area contributed by atoms with E-state index in [0.29, 0.717) is 17.0 Å². The zero-order valence-corrected chi connectivity index (χ0v) is 18.9. The molecule has 32 heavy (non-hydrogen) atoms. The fourth-order valence-corrected chi connectivity index (χ4v) is 5.31. The van der Waals surface area contributed by atoms with Gasteiger partial charge in [-0.2, -0.15) is 0 Å². The zero-order chi connectivity index (χ0) is 22.7. The number of hydrogen-bond donors (Lipinski definition) is 1. The van der Waals surface area contributed by atoms with Crippen LogP contribution in [0, 0.1) is 0 Å². The Morgan fingerprint density at radius 3 is 2.44 bits per heavy atom. The first kappa shape index (κ1) is 21.9. The first-order valence-electron chi connectivity index (χ1n) is 10.5. The van der Waals surface area contributed by atoms with Crippen LogP contribution in [0.25, 0.3) is 0 Å². The molecular formula is C25H26N2O4S. The maximum Gasteiger partial charge on any atom is 0.264 e. The van der Waals surface area contributed by atoms with Gasteiger partial charge in [-0.05, 0) is 66.8 Å². The largest absolute Gasteiger partial charge is 0.495 e. The lowest BCUT2D eigenvalue weighted by molar-refractivity contribution is 0.0932. The van der Waals surface area contributed by atoms with Crippen molar-refractivity contribution < 1.29 is 17.9 Å². The number of aryl methyl sites for hydroxylation is 1. The van der Waals surface area contributed by atoms with Gasteiger partial charge < -0.3 is 10.1 Å². The summed E-state index contributed by atoms with van der Waals surface area (Å²) in [6.07, 6.45) is 2.93. The molecule has 1 aliphatic carbocycles. The Morgan fingerprint density at radius 2 is 1.69 bits per heavy atom. The minimum Gasteiger partial charge on any atom is -0.495 e. The summed E-state index contributed by atoms with van der Waals surface area (Å²) in [6, 6.07) is 21.1. The molecule has 1 atom stereocenters. The van der Waals surface area contributed by atoms with Crippen molar-refractivity contribution >= 4 is 21.6 Å². The second kappa shape index (κ2) is 9.04. The predicted octanol–water partition coefficient (Wildman–Crippen LogP) is 4.33. The molecule has 3 aromatic carbocycles. The number of rotatable bonds is 6. The summed E-state index contributed by atoms with van der Waals surface area (Å²) in [5, 5.41) is 3.10. The molecule has 7 heteroatoms. The van der Waals surface area contributed by atoms with Gasteiger partial charge in [-0.3, -0.25) is 9.10 Å². The van der Waals surface area contributed by atoms with Crippen molar-refractivity contribution in [3.8, 4) is 5.75 Å². The van der Waals surface area contributed by atoms with Crippen LogP contribution in [0.4, 0.5) is 5.69 Å². The fourth-order valence-electron chi connectivity index (χ4n) is 4.10. The number of benzene rings is 3. The van der Waals surface area contributed by atoms with Crippen molar-refractivity contribution in [3.63, 3.8) is 0 Å². The molecule has 6 nitrogen and oxygen atoms in total. The quantitative estimate of drug-likeness (QED) is 0.607. The number of sulfonamides is 1. The molecule has 0 bridgehead atoms. The van der Waals surface area contributed by atoms with Gasteiger partial charge in [-0.25, -0.2) is 8.42 Å². The van der Waals surface area contributed by atoms with Crippen LogP contribution < -0.4 is 14.4 Å². The van der Waals surface area contributed by atoms with E-state index in [9.17, 15) is 13.2 Å². The Hall–Kier alpha value is -3.32. The molecule has 0 radical (unpaired) electrons. The predicted molar refractivity (Wildman–Crippen MR) is 125 cm³/mol. The van der Waals surface area contributed by atoms with Crippen LogP contribution in [0.2, 0.25) is 0 Å². The van der Waals surface area contributed by atoms with Crippen LogP contribution in [0.5, 0.6) is 5.75 Å². The number of carbonyl (C=O) groups is 1. The third kappa shape index (κ3) is 4.21. The number of carbonyl (C=O) groups excluding carboxylic acids is 1. The monoisotopic (exact) mass is 450 g/mol. The number of anilines is 1. The summed E-state index contributed by atoms with van der Waals surface area (Å²) in [5.74, 6) is 0.246. The molecule has 0 saturated carbocycles. The Bertz CT molecular complexity index is 1220. The summed E-state index contributed by atoms with van der Waals surface area (Å²) < 4.78 is 32.7. The van der Waals surface area contributed by atoms with E-state index in [2.05, 4.69) is 17.4 Å². The van der Waals surface area contributed by atoms with E-state index in [1.165, 1.54) is 36.2 Å². The minimum absolute atomic E-state index is 0.0347. The summed E-state index contributed by atoms with van der Waals surface area (Å²) in [4.78, 5) is 12.9. The summed E-state index contributed by atoms with van der Waals surface area (Å²) in [5.41, 5.74) is 3.29. The van der Waals surface area contributed by atoms with Crippen LogP contribution in [0.3, 0.4) is 0 Å². The first-order chi connectivity index (χ1) is 15.4. The molecule has 0 saturated heterocycles. The number of ether oxygens (including phenoxy) is 1. The number of amides is 1. The van der Waals surface area contributed by atoms with Crippen molar-refractivity contribution in [2.24, 2.45) is 0 Å². The Morgan fingerprint density at radius 1 is 1.00 bits per heavy atom. The van der Waals surface area contributed by atoms with Crippen molar-refractivity contribution in [1.29, 1.82) is 0 Å². The molecule has 1 amide bonds. The van der Waals surface area contributed by atoms with Crippen molar-refractivity contribution in [3.05, 3.63) is 89.5 Å². The second-order valence-corrected chi connectivity index (χ2v) is 9.76. The maximum absolute atomic E-state index is 13.1. The van der Waals surface area contributed by atoms with E-state index < -0.39 is 10.0 Å². The lowest BCUT2D eigenvalue weighted by Gasteiger charge is -2.26. The number of hydrogen-bond acceptors (Lipinski definition) is 4. The average Bonchev–Trinajstić information content (AvgIpc) is 2.83. The Balaban J connectivity index is 1.52. The van der Waals surface area contributed by atoms with Gasteiger partial charge in [0.15, 0.2) is 0 Å². The molecule has 0 aromatic heterocycles. The third-order valence-corrected chi connectivity index (χ3v) is 7.66. The van der Waals surface area contributed by atoms with Crippen LogP contribution in [0.15, 0.2) is 77.7 Å². The van der Waals surface area contributed by atoms with Gasteiger partial charge in [-0.15, -0.1) is 0 Å². The van der Waals surface area contributed by atoms with Crippen LogP contribution in [0.1, 0.15) is 40.4 Å². The number of nitrogens with zero attached hydrogens (tertiary/aromatic N) is 1. The van der Waals surface area contributed by atoms with E-state index >= 15 is 0 Å². The number of nitrogens with one attached hydrogen (secondary N) is 1. The van der Waals surface area contributed by atoms with Gasteiger partial charge >= 0.3 is 0 Å². The first-order valence-corrected chi connectivity index (χ1v) is 12.0. The molecule has 1 aliphatic rings. The van der Waals surface area contributed by atoms with E-state index in [0.717, 1.165) is 24.8 Å². The van der Waals surface area contributed by atoms with Crippen LogP contribution >= 0.6 is 0 Å². The molecule has 3 aromatic rings. The molecule has 0 fully saturated rings. The van der Waals surface area contributed by atoms with Gasteiger partial charge in [-0.1, -0.05) is 36.4 Å². The zero-order valence-electron chi connectivity index (χ0n) is 18.1. The SMILES string of the molecule is COc1ccccc1N(C)S(=O)(=O)c1ccc(C(=O)N[C@H]2CCCc3ccccc32)cc1. The molecule has 0 heterocycles. The molecule has 166 valence electrons. The molecular weight excluding hydrogens is 424 g/mol. The third-order valence-electron chi connectivity index (χ3n) is 5.87. The Labute approximate surface area is 188 Å². The van der Waals surface area contributed by atoms with Crippen LogP contribution in [-0.2, 0) is 16.4 Å². The van der Waals surface area contributed by atoms with Gasteiger partial charge in [0.05, 0.1) is 23.7 Å². The fraction of sp³-hybridized carbons (Fsp3) is 0.240. The number of para-hydroxylation sites is 2. The lowest BCUT2D eigenvalue weighted by Crippen LogP contribution is -2.31. The molecule has 0 aliphatic heterocycles. The van der Waals surface area contributed by atoms with E-state index in [1.54, 1.807) is 36.4 Å². The van der Waals surface area contributed by atoms with Crippen LogP contribution in [-0.4, -0.2) is 28.5 Å². The highest BCUT2D eigenvalue weighted by Gasteiger charge is 2.25. The lowest BCUT2D eigenvalue weighted by atomic mass is 9.87. The summed E-state index contributed by atoms with van der Waals surface area (Å²) in [6.45, 7) is 0. The van der Waals surface area contributed by atoms with Crippen molar-refractivity contribution in [2.45, 2.75) is 30.2 Å². The molecule has 0 unspecified atom stereocenters. The highest BCUT2D eigenvalue weighted by atomic mass is 32.2. The smallest absolute Gasteiger partial charge is 0.264 e. The highest BCUT2D eigenvalue weighted by molar-refractivity contribution is 7.92. The standard InChI is InChI=1S/C25H26N2O4S/c1-27(23-12-5-6-13-24(23)31-2)32(29,30)20-16-14-19(15-17-20)25(28)26-22-11-7-9-18-8-3-4-10-21(18)22/h3-6,8,10,12-17,22H,7,9,11H2,1-2H3,(H,26,28)/t22-/m0/s1. The van der Waals surface area contributed by atoms with E-state index in [4.69, 9.17) is 4.74 Å². The maximum atomic E-state index is 13.1. The number of fused-ring (bicyclic) bond motifs is 1. The second-order valence-electron chi connectivity index (χ2n) is 7.79. The van der Waals surface area contributed by atoms with Gasteiger partial charge in [0.1, 0.15) is 5.75 Å². The molecule has 0 spiro atoms. The van der Waals surface area contributed by atoms with Crippen molar-refractivity contribution in [2.75, 3.05) is 18.5 Å². The Kier molecular flexibility index (Phi) is 6.19. The topological polar surface area (TPSA) is 75.7 Å².